The van der Waals surface area contributed by atoms with Crippen molar-refractivity contribution in [1.29, 1.82) is 0 Å². The smallest absolute Gasteiger partial charge is 0.0703 e. The lowest BCUT2D eigenvalue weighted by Gasteiger charge is -2.07. The maximum atomic E-state index is 8.88. The maximum absolute atomic E-state index is 8.88. The molecule has 0 aromatic heterocycles. The summed E-state index contributed by atoms with van der Waals surface area (Å²) in [5.74, 6) is 3.88. The van der Waals surface area contributed by atoms with Crippen molar-refractivity contribution in [3.63, 3.8) is 0 Å². The number of hydroxylamine groups is 2. The van der Waals surface area contributed by atoms with Gasteiger partial charge in [0.15, 0.2) is 0 Å². The van der Waals surface area contributed by atoms with Crippen molar-refractivity contribution >= 4 is 23.5 Å². The van der Waals surface area contributed by atoms with Crippen LogP contribution in [0.2, 0.25) is 0 Å². The van der Waals surface area contributed by atoms with Crippen LogP contribution in [0.15, 0.2) is 0 Å². The average Bonchev–Trinajstić information content (AvgIpc) is 1.94. The van der Waals surface area contributed by atoms with E-state index in [0.29, 0.717) is 0 Å². The number of thioether (sulfide) groups is 2. The van der Waals surface area contributed by atoms with E-state index in [2.05, 4.69) is 0 Å². The molecule has 0 aromatic rings. The summed E-state index contributed by atoms with van der Waals surface area (Å²) in [6, 6.07) is 0. The molecule has 4 heteroatoms. The molecule has 1 fully saturated rings. The Morgan fingerprint density at radius 2 is 1.62 bits per heavy atom. The van der Waals surface area contributed by atoms with Crippen LogP contribution in [0.4, 0.5) is 0 Å². The third-order valence-corrected chi connectivity index (χ3v) is 3.06. The van der Waals surface area contributed by atoms with Crippen LogP contribution >= 0.6 is 23.5 Å². The molecule has 0 atom stereocenters. The number of hydrogen-bond acceptors (Lipinski definition) is 4. The van der Waals surface area contributed by atoms with Crippen LogP contribution in [0.3, 0.4) is 0 Å². The molecule has 48 valence electrons. The first-order chi connectivity index (χ1) is 3.89. The molecule has 0 unspecified atom stereocenters. The van der Waals surface area contributed by atoms with E-state index in [0.717, 1.165) is 11.8 Å². The lowest BCUT2D eigenvalue weighted by atomic mass is 11.0. The minimum absolute atomic E-state index is 0.771. The van der Waals surface area contributed by atoms with Gasteiger partial charge in [-0.2, -0.15) is 5.06 Å². The molecule has 1 N–H and O–H groups in total. The molecule has 2 nitrogen and oxygen atoms in total. The fourth-order valence-electron chi connectivity index (χ4n) is 0.495. The molecule has 0 bridgehead atoms. The molecule has 1 heterocycles. The van der Waals surface area contributed by atoms with E-state index < -0.39 is 0 Å². The Bertz CT molecular complexity index is 63.1. The molecule has 1 rings (SSSR count). The van der Waals surface area contributed by atoms with Gasteiger partial charge in [0.1, 0.15) is 0 Å². The maximum Gasteiger partial charge on any atom is 0.0703 e. The van der Waals surface area contributed by atoms with Crippen LogP contribution in [0.25, 0.3) is 0 Å². The highest BCUT2D eigenvalue weighted by atomic mass is 32.2. The zero-order valence-corrected chi connectivity index (χ0v) is 6.17. The van der Waals surface area contributed by atoms with E-state index in [1.807, 2.05) is 0 Å². The van der Waals surface area contributed by atoms with Gasteiger partial charge in [0.05, 0.1) is 11.8 Å². The molecule has 0 radical (unpaired) electrons. The fourth-order valence-corrected chi connectivity index (χ4v) is 2.42. The second kappa shape index (κ2) is 3.61. The molecule has 1 aliphatic rings. The van der Waals surface area contributed by atoms with E-state index in [-0.39, 0.29) is 0 Å². The van der Waals surface area contributed by atoms with Gasteiger partial charge in [-0.25, -0.2) is 0 Å². The first kappa shape index (κ1) is 6.74. The lowest BCUT2D eigenvalue weighted by Crippen LogP contribution is -2.15. The molecule has 0 aliphatic carbocycles. The highest BCUT2D eigenvalue weighted by Crippen LogP contribution is 2.14. The van der Waals surface area contributed by atoms with Crippen molar-refractivity contribution < 1.29 is 5.21 Å². The molecule has 8 heavy (non-hydrogen) atoms. The molecule has 0 saturated carbocycles. The predicted molar refractivity (Wildman–Crippen MR) is 38.3 cm³/mol. The second-order valence-electron chi connectivity index (χ2n) is 1.58. The minimum Gasteiger partial charge on any atom is -0.312 e. The van der Waals surface area contributed by atoms with Crippen LogP contribution in [-0.2, 0) is 0 Å². The molecular weight excluding hydrogens is 142 g/mol. The van der Waals surface area contributed by atoms with Gasteiger partial charge in [-0.3, -0.25) is 0 Å². The first-order valence-corrected chi connectivity index (χ1v) is 4.80. The van der Waals surface area contributed by atoms with Crippen LogP contribution < -0.4 is 0 Å². The average molecular weight is 151 g/mol. The summed E-state index contributed by atoms with van der Waals surface area (Å²) >= 11 is 3.56. The van der Waals surface area contributed by atoms with Crippen LogP contribution in [0.5, 0.6) is 0 Å². The number of hydrogen-bond donors (Lipinski definition) is 1. The summed E-state index contributed by atoms with van der Waals surface area (Å²) in [6.45, 7) is 0. The topological polar surface area (TPSA) is 23.5 Å². The lowest BCUT2D eigenvalue weighted by molar-refractivity contribution is -0.0513. The van der Waals surface area contributed by atoms with Crippen molar-refractivity contribution in [1.82, 2.24) is 5.06 Å². The molecule has 0 aromatic carbocycles. The summed E-state index contributed by atoms with van der Waals surface area (Å²) in [5, 5.41) is 10.2. The van der Waals surface area contributed by atoms with Crippen molar-refractivity contribution in [3.05, 3.63) is 0 Å². The SMILES string of the molecule is ON1CSCCSC1. The van der Waals surface area contributed by atoms with Crippen LogP contribution in [0, 0.1) is 0 Å². The summed E-state index contributed by atoms with van der Waals surface area (Å²) in [7, 11) is 0. The van der Waals surface area contributed by atoms with Crippen LogP contribution in [-0.4, -0.2) is 33.5 Å². The predicted octanol–water partition coefficient (Wildman–Crippen LogP) is 1.07. The fraction of sp³-hybridized carbons (Fsp3) is 1.00. The van der Waals surface area contributed by atoms with Gasteiger partial charge in [-0.15, -0.1) is 23.5 Å². The van der Waals surface area contributed by atoms with Crippen molar-refractivity contribution in [2.45, 2.75) is 0 Å². The van der Waals surface area contributed by atoms with Crippen molar-refractivity contribution in [3.8, 4) is 0 Å². The highest BCUT2D eigenvalue weighted by molar-refractivity contribution is 8.03. The largest absolute Gasteiger partial charge is 0.312 e. The van der Waals surface area contributed by atoms with Gasteiger partial charge in [0, 0.05) is 11.5 Å². The van der Waals surface area contributed by atoms with Gasteiger partial charge < -0.3 is 5.21 Å². The molecule has 0 amide bonds. The van der Waals surface area contributed by atoms with Gasteiger partial charge in [-0.1, -0.05) is 0 Å². The zero-order chi connectivity index (χ0) is 5.82. The van der Waals surface area contributed by atoms with E-state index >= 15 is 0 Å². The normalized spacial score (nSPS) is 25.1. The molecule has 1 saturated heterocycles. The van der Waals surface area contributed by atoms with Gasteiger partial charge in [0.25, 0.3) is 0 Å². The summed E-state index contributed by atoms with van der Waals surface area (Å²) in [6.07, 6.45) is 0. The summed E-state index contributed by atoms with van der Waals surface area (Å²) < 4.78 is 0. The minimum atomic E-state index is 0.771. The number of rotatable bonds is 0. The quantitative estimate of drug-likeness (QED) is 0.559. The van der Waals surface area contributed by atoms with Gasteiger partial charge in [0.2, 0.25) is 0 Å². The van der Waals surface area contributed by atoms with Crippen molar-refractivity contribution in [2.24, 2.45) is 0 Å². The first-order valence-electron chi connectivity index (χ1n) is 2.49. The molecular formula is C4H9NOS2. The number of nitrogens with zero attached hydrogens (tertiary/aromatic N) is 1. The second-order valence-corrected chi connectivity index (χ2v) is 3.73. The highest BCUT2D eigenvalue weighted by Gasteiger charge is 2.03. The van der Waals surface area contributed by atoms with Crippen LogP contribution in [0.1, 0.15) is 0 Å². The third-order valence-electron chi connectivity index (χ3n) is 0.853. The Labute approximate surface area is 57.6 Å². The molecule has 0 spiro atoms. The Morgan fingerprint density at radius 1 is 1.12 bits per heavy atom. The van der Waals surface area contributed by atoms with E-state index in [4.69, 9.17) is 5.21 Å². The summed E-state index contributed by atoms with van der Waals surface area (Å²) in [4.78, 5) is 0. The van der Waals surface area contributed by atoms with Gasteiger partial charge in [-0.05, 0) is 0 Å². The zero-order valence-electron chi connectivity index (χ0n) is 4.54. The standard InChI is InChI=1S/C4H9NOS2/c6-5-3-7-1-2-8-4-5/h6H,1-4H2. The summed E-state index contributed by atoms with van der Waals surface area (Å²) in [5.41, 5.74) is 0. The van der Waals surface area contributed by atoms with E-state index in [1.54, 1.807) is 23.5 Å². The third kappa shape index (κ3) is 2.26. The van der Waals surface area contributed by atoms with E-state index in [1.165, 1.54) is 16.6 Å². The van der Waals surface area contributed by atoms with Gasteiger partial charge >= 0.3 is 0 Å². The Balaban J connectivity index is 2.17. The molecule has 1 aliphatic heterocycles. The monoisotopic (exact) mass is 151 g/mol. The Hall–Kier alpha value is 0.620. The Morgan fingerprint density at radius 3 is 2.12 bits per heavy atom. The Kier molecular flexibility index (Phi) is 3.04. The van der Waals surface area contributed by atoms with E-state index in [9.17, 15) is 0 Å². The van der Waals surface area contributed by atoms with Crippen molar-refractivity contribution in [2.75, 3.05) is 23.3 Å².